The van der Waals surface area contributed by atoms with E-state index in [1.54, 1.807) is 10.9 Å². The Balaban J connectivity index is 3.05. The predicted molar refractivity (Wildman–Crippen MR) is 66.0 cm³/mol. The number of aromatic nitrogens is 2. The Morgan fingerprint density at radius 2 is 2.27 bits per heavy atom. The summed E-state index contributed by atoms with van der Waals surface area (Å²) in [4.78, 5) is 11.0. The number of carboxylic acid groups (broad SMARTS) is 1. The zero-order valence-corrected chi connectivity index (χ0v) is 11.2. The van der Waals surface area contributed by atoms with E-state index in [4.69, 9.17) is 5.11 Å². The van der Waals surface area contributed by atoms with E-state index in [2.05, 4.69) is 41.5 Å². The van der Waals surface area contributed by atoms with Crippen molar-refractivity contribution in [3.63, 3.8) is 0 Å². The summed E-state index contributed by atoms with van der Waals surface area (Å²) in [6.07, 6.45) is 2.35. The van der Waals surface area contributed by atoms with E-state index in [1.807, 2.05) is 6.92 Å². The van der Waals surface area contributed by atoms with Crippen LogP contribution in [0.15, 0.2) is 6.20 Å². The molecule has 0 radical (unpaired) electrons. The molecule has 0 saturated carbocycles. The van der Waals surface area contributed by atoms with Crippen molar-refractivity contribution in [2.45, 2.75) is 39.2 Å². The highest BCUT2D eigenvalue weighted by Crippen LogP contribution is 2.22. The highest BCUT2D eigenvalue weighted by atomic mass is 127. The van der Waals surface area contributed by atoms with Gasteiger partial charge >= 0.3 is 5.97 Å². The third-order valence-corrected chi connectivity index (χ3v) is 3.08. The lowest BCUT2D eigenvalue weighted by atomic mass is 10.1. The van der Waals surface area contributed by atoms with Gasteiger partial charge in [-0.05, 0) is 34.9 Å². The summed E-state index contributed by atoms with van der Waals surface area (Å²) in [6.45, 7) is 5.95. The Bertz CT molecular complexity index is 360. The predicted octanol–water partition coefficient (Wildman–Crippen LogP) is 2.65. The van der Waals surface area contributed by atoms with Crippen molar-refractivity contribution in [3.05, 3.63) is 15.5 Å². The van der Waals surface area contributed by atoms with E-state index in [0.29, 0.717) is 12.3 Å². The summed E-state index contributed by atoms with van der Waals surface area (Å²) in [5.41, 5.74) is 0.968. The Morgan fingerprint density at radius 1 is 1.67 bits per heavy atom. The van der Waals surface area contributed by atoms with E-state index in [-0.39, 0.29) is 0 Å². The minimum atomic E-state index is -0.827. The van der Waals surface area contributed by atoms with E-state index < -0.39 is 12.0 Å². The fourth-order valence-electron chi connectivity index (χ4n) is 1.41. The second-order valence-electron chi connectivity index (χ2n) is 3.76. The van der Waals surface area contributed by atoms with E-state index in [1.165, 1.54) is 0 Å². The average Bonchev–Trinajstić information content (AvgIpc) is 2.48. The van der Waals surface area contributed by atoms with Gasteiger partial charge in [0.1, 0.15) is 6.04 Å². The Hall–Kier alpha value is -0.590. The van der Waals surface area contributed by atoms with Crippen LogP contribution in [0.2, 0.25) is 0 Å². The molecule has 15 heavy (non-hydrogen) atoms. The minimum Gasteiger partial charge on any atom is -0.480 e. The van der Waals surface area contributed by atoms with Crippen LogP contribution in [0.4, 0.5) is 0 Å². The number of hydrogen-bond acceptors (Lipinski definition) is 2. The highest BCUT2D eigenvalue weighted by Gasteiger charge is 2.20. The molecule has 5 heteroatoms. The summed E-state index contributed by atoms with van der Waals surface area (Å²) in [5.74, 6) is -0.504. The van der Waals surface area contributed by atoms with Gasteiger partial charge in [-0.1, -0.05) is 20.8 Å². The maximum Gasteiger partial charge on any atom is 0.328 e. The maximum atomic E-state index is 11.0. The number of rotatable bonds is 4. The fraction of sp³-hybridized carbons (Fsp3) is 0.600. The van der Waals surface area contributed by atoms with Crippen LogP contribution in [0.5, 0.6) is 0 Å². The zero-order chi connectivity index (χ0) is 11.6. The van der Waals surface area contributed by atoms with Crippen LogP contribution in [0, 0.1) is 3.57 Å². The minimum absolute atomic E-state index is 0.324. The second kappa shape index (κ2) is 4.96. The lowest BCUT2D eigenvalue weighted by molar-refractivity contribution is -0.141. The summed E-state index contributed by atoms with van der Waals surface area (Å²) in [6, 6.07) is -0.550. The number of carbonyl (C=O) groups is 1. The second-order valence-corrected chi connectivity index (χ2v) is 4.92. The number of halogens is 1. The van der Waals surface area contributed by atoms with Gasteiger partial charge in [0.15, 0.2) is 0 Å². The lowest BCUT2D eigenvalue weighted by Crippen LogP contribution is -2.18. The largest absolute Gasteiger partial charge is 0.480 e. The first-order chi connectivity index (χ1) is 6.97. The van der Waals surface area contributed by atoms with Gasteiger partial charge in [0.25, 0.3) is 0 Å². The molecule has 1 rings (SSSR count). The van der Waals surface area contributed by atoms with E-state index in [9.17, 15) is 4.79 Å². The first-order valence-electron chi connectivity index (χ1n) is 4.94. The molecule has 0 aliphatic rings. The molecule has 0 saturated heterocycles. The van der Waals surface area contributed by atoms with Crippen LogP contribution in [0.25, 0.3) is 0 Å². The fourth-order valence-corrected chi connectivity index (χ4v) is 2.43. The van der Waals surface area contributed by atoms with E-state index in [0.717, 1.165) is 9.26 Å². The normalized spacial score (nSPS) is 13.1. The van der Waals surface area contributed by atoms with Gasteiger partial charge in [-0.2, -0.15) is 5.10 Å². The number of aliphatic carboxylic acids is 1. The Labute approximate surface area is 103 Å². The number of hydrogen-bond donors (Lipinski definition) is 1. The van der Waals surface area contributed by atoms with Crippen molar-refractivity contribution in [2.75, 3.05) is 0 Å². The van der Waals surface area contributed by atoms with Crippen molar-refractivity contribution < 1.29 is 9.90 Å². The number of nitrogens with zero attached hydrogens (tertiary/aromatic N) is 2. The van der Waals surface area contributed by atoms with Crippen molar-refractivity contribution >= 4 is 28.6 Å². The van der Waals surface area contributed by atoms with Gasteiger partial charge < -0.3 is 5.11 Å². The molecule has 1 aromatic rings. The molecular formula is C10H15IN2O2. The van der Waals surface area contributed by atoms with Crippen LogP contribution >= 0.6 is 22.6 Å². The summed E-state index contributed by atoms with van der Waals surface area (Å²) >= 11 is 2.19. The van der Waals surface area contributed by atoms with Crippen molar-refractivity contribution in [3.8, 4) is 0 Å². The molecular weight excluding hydrogens is 307 g/mol. The summed E-state index contributed by atoms with van der Waals surface area (Å²) in [7, 11) is 0. The molecule has 1 heterocycles. The van der Waals surface area contributed by atoms with Crippen LogP contribution < -0.4 is 0 Å². The zero-order valence-electron chi connectivity index (χ0n) is 9.07. The monoisotopic (exact) mass is 322 g/mol. The standard InChI is InChI=1S/C10H15IN2O2/c1-4-8(10(14)15)13-5-7(11)9(12-13)6(2)3/h5-6,8H,4H2,1-3H3,(H,14,15). The smallest absolute Gasteiger partial charge is 0.328 e. The first-order valence-corrected chi connectivity index (χ1v) is 6.02. The molecule has 1 atom stereocenters. The van der Waals surface area contributed by atoms with Crippen molar-refractivity contribution in [2.24, 2.45) is 0 Å². The van der Waals surface area contributed by atoms with Crippen molar-refractivity contribution in [1.29, 1.82) is 0 Å². The summed E-state index contributed by atoms with van der Waals surface area (Å²) in [5, 5.41) is 13.3. The summed E-state index contributed by atoms with van der Waals surface area (Å²) < 4.78 is 2.58. The molecule has 0 amide bonds. The van der Waals surface area contributed by atoms with Gasteiger partial charge in [0, 0.05) is 6.20 Å². The van der Waals surface area contributed by atoms with E-state index >= 15 is 0 Å². The van der Waals surface area contributed by atoms with Gasteiger partial charge in [-0.3, -0.25) is 4.68 Å². The molecule has 0 spiro atoms. The molecule has 4 nitrogen and oxygen atoms in total. The number of carboxylic acids is 1. The first kappa shape index (κ1) is 12.5. The lowest BCUT2D eigenvalue weighted by Gasteiger charge is -2.09. The molecule has 0 fully saturated rings. The SMILES string of the molecule is CCC(C(=O)O)n1cc(I)c(C(C)C)n1. The van der Waals surface area contributed by atoms with Crippen molar-refractivity contribution in [1.82, 2.24) is 9.78 Å². The van der Waals surface area contributed by atoms with Crippen LogP contribution in [-0.2, 0) is 4.79 Å². The topological polar surface area (TPSA) is 55.1 Å². The third kappa shape index (κ3) is 2.70. The van der Waals surface area contributed by atoms with Gasteiger partial charge in [0.05, 0.1) is 9.26 Å². The molecule has 1 unspecified atom stereocenters. The van der Waals surface area contributed by atoms with Gasteiger partial charge in [-0.15, -0.1) is 0 Å². The molecule has 1 N–H and O–H groups in total. The van der Waals surface area contributed by atoms with Crippen LogP contribution in [0.3, 0.4) is 0 Å². The molecule has 0 aromatic carbocycles. The maximum absolute atomic E-state index is 11.0. The molecule has 0 aliphatic heterocycles. The van der Waals surface area contributed by atoms with Crippen LogP contribution in [0.1, 0.15) is 44.8 Å². The molecule has 1 aromatic heterocycles. The molecule has 0 aliphatic carbocycles. The van der Waals surface area contributed by atoms with Gasteiger partial charge in [0.2, 0.25) is 0 Å². The molecule has 0 bridgehead atoms. The average molecular weight is 322 g/mol. The van der Waals surface area contributed by atoms with Crippen LogP contribution in [-0.4, -0.2) is 20.9 Å². The highest BCUT2D eigenvalue weighted by molar-refractivity contribution is 14.1. The third-order valence-electron chi connectivity index (χ3n) is 2.25. The Morgan fingerprint density at radius 3 is 2.60 bits per heavy atom. The Kier molecular flexibility index (Phi) is 4.12. The quantitative estimate of drug-likeness (QED) is 0.867. The van der Waals surface area contributed by atoms with Gasteiger partial charge in [-0.25, -0.2) is 4.79 Å². The molecule has 84 valence electrons.